The van der Waals surface area contributed by atoms with Gasteiger partial charge in [-0.3, -0.25) is 4.79 Å². The second-order valence-electron chi connectivity index (χ2n) is 5.38. The molecule has 0 bridgehead atoms. The molecule has 0 radical (unpaired) electrons. The van der Waals surface area contributed by atoms with Gasteiger partial charge in [0, 0.05) is 23.7 Å². The summed E-state index contributed by atoms with van der Waals surface area (Å²) in [5.41, 5.74) is 8.00. The molecule has 0 saturated carbocycles. The third-order valence-corrected chi connectivity index (χ3v) is 3.67. The predicted molar refractivity (Wildman–Crippen MR) is 98.8 cm³/mol. The predicted octanol–water partition coefficient (Wildman–Crippen LogP) is 3.06. The fraction of sp³-hybridized carbons (Fsp3) is 0.158. The molecule has 130 valence electrons. The van der Waals surface area contributed by atoms with E-state index in [9.17, 15) is 9.18 Å². The summed E-state index contributed by atoms with van der Waals surface area (Å²) in [5, 5.41) is 13.2. The van der Waals surface area contributed by atoms with Crippen LogP contribution in [0.1, 0.15) is 24.1 Å². The van der Waals surface area contributed by atoms with Gasteiger partial charge in [-0.05, 0) is 41.9 Å². The van der Waals surface area contributed by atoms with Crippen molar-refractivity contribution >= 4 is 23.4 Å². The zero-order chi connectivity index (χ0) is 18.2. The lowest BCUT2D eigenvalue weighted by Gasteiger charge is -2.18. The highest BCUT2D eigenvalue weighted by molar-refractivity contribution is 6.08. The van der Waals surface area contributed by atoms with Crippen molar-refractivity contribution in [1.82, 2.24) is 5.32 Å². The zero-order valence-electron chi connectivity index (χ0n) is 13.9. The molecule has 5 N–H and O–H groups in total. The van der Waals surface area contributed by atoms with E-state index in [0.29, 0.717) is 23.4 Å². The lowest BCUT2D eigenvalue weighted by atomic mass is 10.0. The van der Waals surface area contributed by atoms with E-state index >= 15 is 0 Å². The maximum atomic E-state index is 13.5. The van der Waals surface area contributed by atoms with Crippen LogP contribution in [0.4, 0.5) is 10.1 Å². The number of anilines is 1. The van der Waals surface area contributed by atoms with Gasteiger partial charge < -0.3 is 21.8 Å². The zero-order valence-corrected chi connectivity index (χ0v) is 13.9. The first-order chi connectivity index (χ1) is 12.1. The number of benzene rings is 2. The van der Waals surface area contributed by atoms with Crippen LogP contribution in [0.5, 0.6) is 0 Å². The Labute approximate surface area is 146 Å². The number of allylic oxidation sites excluding steroid dienone is 1. The number of carbonyl (C=O) groups excluding carboxylic acids is 1. The molecule has 0 aliphatic heterocycles. The highest BCUT2D eigenvalue weighted by Crippen LogP contribution is 2.19. The van der Waals surface area contributed by atoms with E-state index in [1.807, 2.05) is 6.92 Å². The lowest BCUT2D eigenvalue weighted by molar-refractivity contribution is -0.118. The second kappa shape index (κ2) is 8.75. The van der Waals surface area contributed by atoms with Gasteiger partial charge in [-0.25, -0.2) is 4.39 Å². The van der Waals surface area contributed by atoms with Gasteiger partial charge >= 0.3 is 0 Å². The Kier molecular flexibility index (Phi) is 6.42. The minimum atomic E-state index is -0.651. The monoisotopic (exact) mass is 340 g/mol. The molecule has 0 aliphatic carbocycles. The van der Waals surface area contributed by atoms with Gasteiger partial charge in [-0.15, -0.1) is 0 Å². The summed E-state index contributed by atoms with van der Waals surface area (Å²) in [6.45, 7) is 2.45. The topological polar surface area (TPSA) is 91.0 Å². The molecular weight excluding hydrogens is 319 g/mol. The van der Waals surface area contributed by atoms with E-state index in [1.54, 1.807) is 36.4 Å². The molecule has 1 atom stereocenters. The first-order valence-electron chi connectivity index (χ1n) is 7.91. The normalized spacial score (nSPS) is 12.5. The Morgan fingerprint density at radius 3 is 2.56 bits per heavy atom. The number of carbonyl (C=O) groups is 1. The SMILES string of the molecule is CCNC(C(=O)Nc1ccc(/C(C=N)=C/N)cc1)c1cccc(F)c1. The lowest BCUT2D eigenvalue weighted by Crippen LogP contribution is -2.33. The number of halogens is 1. The van der Waals surface area contributed by atoms with E-state index in [-0.39, 0.29) is 11.7 Å². The summed E-state index contributed by atoms with van der Waals surface area (Å²) < 4.78 is 13.5. The molecule has 1 amide bonds. The van der Waals surface area contributed by atoms with Crippen LogP contribution in [0.25, 0.3) is 5.57 Å². The largest absolute Gasteiger partial charge is 0.404 e. The summed E-state index contributed by atoms with van der Waals surface area (Å²) in [5.74, 6) is -0.660. The molecule has 0 aromatic heterocycles. The van der Waals surface area contributed by atoms with E-state index in [4.69, 9.17) is 11.1 Å². The first kappa shape index (κ1) is 18.4. The van der Waals surface area contributed by atoms with E-state index in [2.05, 4.69) is 10.6 Å². The number of hydrogen-bond donors (Lipinski definition) is 4. The summed E-state index contributed by atoms with van der Waals surface area (Å²) in [7, 11) is 0. The molecule has 0 aliphatic rings. The molecule has 0 spiro atoms. The molecule has 1 unspecified atom stereocenters. The first-order valence-corrected chi connectivity index (χ1v) is 7.91. The average molecular weight is 340 g/mol. The van der Waals surface area contributed by atoms with Crippen LogP contribution < -0.4 is 16.4 Å². The van der Waals surface area contributed by atoms with Crippen molar-refractivity contribution in [2.75, 3.05) is 11.9 Å². The van der Waals surface area contributed by atoms with Gasteiger partial charge in [0.05, 0.1) is 0 Å². The summed E-state index contributed by atoms with van der Waals surface area (Å²) in [6.07, 6.45) is 2.52. The van der Waals surface area contributed by atoms with Crippen molar-refractivity contribution < 1.29 is 9.18 Å². The molecular formula is C19H21FN4O. The molecule has 6 heteroatoms. The number of amides is 1. The highest BCUT2D eigenvalue weighted by atomic mass is 19.1. The standard InChI is InChI=1S/C19H21FN4O/c1-2-23-18(14-4-3-5-16(20)10-14)19(25)24-17-8-6-13(7-9-17)15(11-21)12-22/h3-12,18,21,23H,2,22H2,1H3,(H,24,25)/b15-12+,21-11?. The van der Waals surface area contributed by atoms with Crippen LogP contribution >= 0.6 is 0 Å². The maximum absolute atomic E-state index is 13.5. The van der Waals surface area contributed by atoms with Crippen LogP contribution in [0.15, 0.2) is 54.7 Å². The molecule has 2 rings (SSSR count). The van der Waals surface area contributed by atoms with Crippen LogP contribution in [-0.4, -0.2) is 18.7 Å². The quantitative estimate of drug-likeness (QED) is 0.584. The van der Waals surface area contributed by atoms with Gasteiger partial charge in [0.1, 0.15) is 11.9 Å². The van der Waals surface area contributed by atoms with Crippen LogP contribution in [0, 0.1) is 11.2 Å². The number of nitrogens with two attached hydrogens (primary N) is 1. The van der Waals surface area contributed by atoms with Crippen molar-refractivity contribution in [1.29, 1.82) is 5.41 Å². The van der Waals surface area contributed by atoms with Crippen molar-refractivity contribution in [3.05, 3.63) is 71.7 Å². The third-order valence-electron chi connectivity index (χ3n) is 3.67. The van der Waals surface area contributed by atoms with Crippen LogP contribution in [0.2, 0.25) is 0 Å². The number of likely N-dealkylation sites (N-methyl/N-ethyl adjacent to an activating group) is 1. The smallest absolute Gasteiger partial charge is 0.246 e. The van der Waals surface area contributed by atoms with Crippen LogP contribution in [0.3, 0.4) is 0 Å². The Hall–Kier alpha value is -2.99. The molecule has 2 aromatic carbocycles. The molecule has 0 heterocycles. The summed E-state index contributed by atoms with van der Waals surface area (Å²) >= 11 is 0. The van der Waals surface area contributed by atoms with Gasteiger partial charge in [0.25, 0.3) is 0 Å². The maximum Gasteiger partial charge on any atom is 0.246 e. The summed E-state index contributed by atoms with van der Waals surface area (Å²) in [4.78, 5) is 12.6. The van der Waals surface area contributed by atoms with Gasteiger partial charge in [0.2, 0.25) is 5.91 Å². The fourth-order valence-electron chi connectivity index (χ4n) is 2.44. The number of rotatable bonds is 7. The summed E-state index contributed by atoms with van der Waals surface area (Å²) in [6, 6.07) is 12.3. The van der Waals surface area contributed by atoms with Crippen molar-refractivity contribution in [3.8, 4) is 0 Å². The molecule has 0 saturated heterocycles. The Balaban J connectivity index is 2.17. The third kappa shape index (κ3) is 4.74. The minimum absolute atomic E-state index is 0.276. The van der Waals surface area contributed by atoms with Gasteiger partial charge in [-0.2, -0.15) is 0 Å². The van der Waals surface area contributed by atoms with Gasteiger partial charge in [-0.1, -0.05) is 31.2 Å². The molecule has 2 aromatic rings. The van der Waals surface area contributed by atoms with E-state index < -0.39 is 6.04 Å². The molecule has 5 nitrogen and oxygen atoms in total. The van der Waals surface area contributed by atoms with Crippen molar-refractivity contribution in [2.24, 2.45) is 5.73 Å². The van der Waals surface area contributed by atoms with Crippen LogP contribution in [-0.2, 0) is 4.79 Å². The number of nitrogens with one attached hydrogen (secondary N) is 3. The van der Waals surface area contributed by atoms with Crippen molar-refractivity contribution in [2.45, 2.75) is 13.0 Å². The fourth-order valence-corrected chi connectivity index (χ4v) is 2.44. The second-order valence-corrected chi connectivity index (χ2v) is 5.38. The van der Waals surface area contributed by atoms with E-state index in [0.717, 1.165) is 5.56 Å². The van der Waals surface area contributed by atoms with Crippen molar-refractivity contribution in [3.63, 3.8) is 0 Å². The Morgan fingerprint density at radius 1 is 1.28 bits per heavy atom. The minimum Gasteiger partial charge on any atom is -0.404 e. The molecule has 0 fully saturated rings. The Bertz CT molecular complexity index is 771. The average Bonchev–Trinajstić information content (AvgIpc) is 2.62. The van der Waals surface area contributed by atoms with Gasteiger partial charge in [0.15, 0.2) is 0 Å². The van der Waals surface area contributed by atoms with E-state index in [1.165, 1.54) is 24.5 Å². The molecule has 25 heavy (non-hydrogen) atoms. The Morgan fingerprint density at radius 2 is 2.00 bits per heavy atom. The highest BCUT2D eigenvalue weighted by Gasteiger charge is 2.20. The number of hydrogen-bond acceptors (Lipinski definition) is 4.